The van der Waals surface area contributed by atoms with Crippen LogP contribution in [-0.4, -0.2) is 45.4 Å². The second-order valence-corrected chi connectivity index (χ2v) is 7.50. The van der Waals surface area contributed by atoms with E-state index in [2.05, 4.69) is 20.7 Å². The highest BCUT2D eigenvalue weighted by molar-refractivity contribution is 5.76. The number of aromatic nitrogens is 4. The van der Waals surface area contributed by atoms with E-state index in [4.69, 9.17) is 4.74 Å². The SMILES string of the molecule is Cc1ccc(-c2nnn(CC(=O)NC3CCCC34CCOCC4)n2)cc1. The largest absolute Gasteiger partial charge is 0.381 e. The lowest BCUT2D eigenvalue weighted by atomic mass is 9.75. The number of rotatable bonds is 4. The number of hydrogen-bond acceptors (Lipinski definition) is 5. The molecule has 2 fully saturated rings. The lowest BCUT2D eigenvalue weighted by Crippen LogP contribution is -2.48. The molecule has 1 spiro atoms. The van der Waals surface area contributed by atoms with Crippen molar-refractivity contribution in [2.24, 2.45) is 5.41 Å². The maximum atomic E-state index is 12.5. The quantitative estimate of drug-likeness (QED) is 0.908. The van der Waals surface area contributed by atoms with E-state index in [9.17, 15) is 4.79 Å². The molecule has 1 saturated carbocycles. The molecule has 0 radical (unpaired) electrons. The van der Waals surface area contributed by atoms with Crippen molar-refractivity contribution in [3.05, 3.63) is 29.8 Å². The third-order valence-corrected chi connectivity index (χ3v) is 5.78. The van der Waals surface area contributed by atoms with E-state index < -0.39 is 0 Å². The molecule has 1 amide bonds. The van der Waals surface area contributed by atoms with Crippen molar-refractivity contribution in [2.45, 2.75) is 51.6 Å². The third-order valence-electron chi connectivity index (χ3n) is 5.78. The van der Waals surface area contributed by atoms with Crippen molar-refractivity contribution in [1.29, 1.82) is 0 Å². The molecule has 1 saturated heterocycles. The minimum absolute atomic E-state index is 0.0457. The maximum Gasteiger partial charge on any atom is 0.243 e. The normalized spacial score (nSPS) is 21.8. The Balaban J connectivity index is 1.38. The Bertz CT molecular complexity index is 764. The molecule has 1 aromatic heterocycles. The van der Waals surface area contributed by atoms with Gasteiger partial charge in [-0.25, -0.2) is 0 Å². The zero-order valence-corrected chi connectivity index (χ0v) is 15.1. The number of carbonyl (C=O) groups excluding carboxylic acids is 1. The van der Waals surface area contributed by atoms with Gasteiger partial charge in [0.1, 0.15) is 6.54 Å². The highest BCUT2D eigenvalue weighted by atomic mass is 16.5. The number of aryl methyl sites for hydroxylation is 1. The average Bonchev–Trinajstić information content (AvgIpc) is 3.24. The number of nitrogens with zero attached hydrogens (tertiary/aromatic N) is 4. The summed E-state index contributed by atoms with van der Waals surface area (Å²) in [6.07, 6.45) is 5.48. The summed E-state index contributed by atoms with van der Waals surface area (Å²) in [6, 6.07) is 8.18. The molecule has 1 aliphatic heterocycles. The highest BCUT2D eigenvalue weighted by Gasteiger charge is 2.44. The maximum absolute atomic E-state index is 12.5. The first kappa shape index (κ1) is 17.1. The molecule has 4 rings (SSSR count). The number of tetrazole rings is 1. The summed E-state index contributed by atoms with van der Waals surface area (Å²) < 4.78 is 5.51. The molecule has 1 N–H and O–H groups in total. The van der Waals surface area contributed by atoms with E-state index in [0.29, 0.717) is 5.82 Å². The number of carbonyl (C=O) groups is 1. The Morgan fingerprint density at radius 3 is 2.81 bits per heavy atom. The molecule has 2 aromatic rings. The van der Waals surface area contributed by atoms with E-state index in [1.807, 2.05) is 31.2 Å². The van der Waals surface area contributed by atoms with Crippen LogP contribution in [0.3, 0.4) is 0 Å². The van der Waals surface area contributed by atoms with Crippen LogP contribution in [0.5, 0.6) is 0 Å². The van der Waals surface area contributed by atoms with Crippen LogP contribution >= 0.6 is 0 Å². The monoisotopic (exact) mass is 355 g/mol. The second kappa shape index (κ2) is 7.15. The third kappa shape index (κ3) is 3.49. The van der Waals surface area contributed by atoms with Gasteiger partial charge >= 0.3 is 0 Å². The van der Waals surface area contributed by atoms with Gasteiger partial charge in [0.25, 0.3) is 0 Å². The molecule has 138 valence electrons. The van der Waals surface area contributed by atoms with Crippen molar-refractivity contribution in [2.75, 3.05) is 13.2 Å². The van der Waals surface area contributed by atoms with Crippen molar-refractivity contribution < 1.29 is 9.53 Å². The summed E-state index contributed by atoms with van der Waals surface area (Å²) in [7, 11) is 0. The molecule has 1 atom stereocenters. The first-order valence-electron chi connectivity index (χ1n) is 9.37. The highest BCUT2D eigenvalue weighted by Crippen LogP contribution is 2.45. The fourth-order valence-electron chi connectivity index (χ4n) is 4.24. The summed E-state index contributed by atoms with van der Waals surface area (Å²) in [6.45, 7) is 3.74. The van der Waals surface area contributed by atoms with Gasteiger partial charge in [-0.15, -0.1) is 10.2 Å². The Hall–Kier alpha value is -2.28. The van der Waals surface area contributed by atoms with E-state index in [-0.39, 0.29) is 23.9 Å². The molecule has 2 aliphatic rings. The molecule has 1 aliphatic carbocycles. The average molecular weight is 355 g/mol. The number of nitrogens with one attached hydrogen (secondary N) is 1. The van der Waals surface area contributed by atoms with Crippen LogP contribution in [0.2, 0.25) is 0 Å². The van der Waals surface area contributed by atoms with E-state index in [1.165, 1.54) is 23.2 Å². The van der Waals surface area contributed by atoms with Gasteiger partial charge in [0.15, 0.2) is 0 Å². The van der Waals surface area contributed by atoms with E-state index >= 15 is 0 Å². The van der Waals surface area contributed by atoms with Crippen LogP contribution in [0, 0.1) is 12.3 Å². The lowest BCUT2D eigenvalue weighted by molar-refractivity contribution is -0.124. The summed E-state index contributed by atoms with van der Waals surface area (Å²) in [5.74, 6) is 0.496. The molecule has 1 unspecified atom stereocenters. The van der Waals surface area contributed by atoms with Gasteiger partial charge in [-0.3, -0.25) is 4.79 Å². The molecule has 1 aromatic carbocycles. The summed E-state index contributed by atoms with van der Waals surface area (Å²) in [4.78, 5) is 13.9. The summed E-state index contributed by atoms with van der Waals surface area (Å²) in [5.41, 5.74) is 2.30. The number of benzene rings is 1. The number of ether oxygens (including phenoxy) is 1. The van der Waals surface area contributed by atoms with Crippen molar-refractivity contribution >= 4 is 5.91 Å². The van der Waals surface area contributed by atoms with Crippen LogP contribution in [0.25, 0.3) is 11.4 Å². The minimum atomic E-state index is -0.0457. The molecule has 2 heterocycles. The molecular formula is C19H25N5O2. The van der Waals surface area contributed by atoms with Gasteiger partial charge < -0.3 is 10.1 Å². The van der Waals surface area contributed by atoms with E-state index in [0.717, 1.165) is 38.0 Å². The van der Waals surface area contributed by atoms with Crippen molar-refractivity contribution in [3.63, 3.8) is 0 Å². The molecular weight excluding hydrogens is 330 g/mol. The Morgan fingerprint density at radius 1 is 1.27 bits per heavy atom. The Morgan fingerprint density at radius 2 is 2.04 bits per heavy atom. The van der Waals surface area contributed by atoms with Crippen LogP contribution in [0.1, 0.15) is 37.7 Å². The molecule has 26 heavy (non-hydrogen) atoms. The number of hydrogen-bond donors (Lipinski definition) is 1. The lowest BCUT2D eigenvalue weighted by Gasteiger charge is -2.39. The zero-order chi connectivity index (χ0) is 18.0. The standard InChI is InChI=1S/C19H25N5O2/c1-14-4-6-15(7-5-14)18-21-23-24(22-18)13-17(25)20-16-3-2-8-19(16)9-11-26-12-10-19/h4-7,16H,2-3,8-13H2,1H3,(H,20,25). The summed E-state index contributed by atoms with van der Waals surface area (Å²) >= 11 is 0. The minimum Gasteiger partial charge on any atom is -0.381 e. The molecule has 0 bridgehead atoms. The van der Waals surface area contributed by atoms with Crippen LogP contribution in [0.4, 0.5) is 0 Å². The van der Waals surface area contributed by atoms with Gasteiger partial charge in [0, 0.05) is 24.8 Å². The Kier molecular flexibility index (Phi) is 4.72. The summed E-state index contributed by atoms with van der Waals surface area (Å²) in [5, 5.41) is 15.7. The van der Waals surface area contributed by atoms with Crippen LogP contribution in [-0.2, 0) is 16.1 Å². The molecule has 7 nitrogen and oxygen atoms in total. The number of amides is 1. The predicted molar refractivity (Wildman–Crippen MR) is 96.3 cm³/mol. The van der Waals surface area contributed by atoms with Gasteiger partial charge in [-0.2, -0.15) is 4.80 Å². The van der Waals surface area contributed by atoms with Crippen molar-refractivity contribution in [1.82, 2.24) is 25.5 Å². The van der Waals surface area contributed by atoms with Crippen LogP contribution in [0.15, 0.2) is 24.3 Å². The van der Waals surface area contributed by atoms with Crippen LogP contribution < -0.4 is 5.32 Å². The van der Waals surface area contributed by atoms with Gasteiger partial charge in [0.05, 0.1) is 0 Å². The topological polar surface area (TPSA) is 81.9 Å². The molecule has 7 heteroatoms. The zero-order valence-electron chi connectivity index (χ0n) is 15.1. The van der Waals surface area contributed by atoms with Gasteiger partial charge in [-0.05, 0) is 43.2 Å². The first-order chi connectivity index (χ1) is 12.6. The first-order valence-corrected chi connectivity index (χ1v) is 9.37. The fourth-order valence-corrected chi connectivity index (χ4v) is 4.24. The van der Waals surface area contributed by atoms with E-state index in [1.54, 1.807) is 0 Å². The smallest absolute Gasteiger partial charge is 0.243 e. The van der Waals surface area contributed by atoms with Crippen molar-refractivity contribution in [3.8, 4) is 11.4 Å². The Labute approximate surface area is 153 Å². The predicted octanol–water partition coefficient (Wildman–Crippen LogP) is 2.11. The second-order valence-electron chi connectivity index (χ2n) is 7.50. The van der Waals surface area contributed by atoms with Gasteiger partial charge in [0.2, 0.25) is 11.7 Å². The fraction of sp³-hybridized carbons (Fsp3) is 0.579. The van der Waals surface area contributed by atoms with Gasteiger partial charge in [-0.1, -0.05) is 36.2 Å².